The molecule has 40 heavy (non-hydrogen) atoms. The Bertz CT molecular complexity index is 1640. The van der Waals surface area contributed by atoms with Crippen LogP contribution in [0, 0.1) is 30.0 Å². The van der Waals surface area contributed by atoms with Crippen LogP contribution in [0.1, 0.15) is 18.0 Å². The number of hydrogen-bond donors (Lipinski definition) is 0. The Morgan fingerprint density at radius 1 is 1.10 bits per heavy atom. The first kappa shape index (κ1) is 27.1. The molecule has 4 aromatic rings. The molecule has 0 saturated carbocycles. The lowest BCUT2D eigenvalue weighted by Crippen LogP contribution is -2.47. The van der Waals surface area contributed by atoms with Gasteiger partial charge in [0.2, 0.25) is 11.8 Å². The van der Waals surface area contributed by atoms with Crippen molar-refractivity contribution in [1.82, 2.24) is 24.7 Å². The van der Waals surface area contributed by atoms with Crippen LogP contribution < -0.4 is 14.4 Å². The number of anilines is 1. The Morgan fingerprint density at radius 2 is 1.80 bits per heavy atom. The quantitative estimate of drug-likeness (QED) is 0.309. The number of benzene rings is 1. The number of aromatic nitrogens is 5. The van der Waals surface area contributed by atoms with Gasteiger partial charge in [0.15, 0.2) is 27.2 Å². The van der Waals surface area contributed by atoms with E-state index in [2.05, 4.69) is 26.2 Å². The molecular formula is C26H26FN7O5S. The third-order valence-electron chi connectivity index (χ3n) is 6.64. The predicted octanol–water partition coefficient (Wildman–Crippen LogP) is 3.12. The average molecular weight is 568 g/mol. The maximum absolute atomic E-state index is 13.9. The highest BCUT2D eigenvalue weighted by Gasteiger charge is 2.38. The van der Waals surface area contributed by atoms with Crippen molar-refractivity contribution in [3.05, 3.63) is 60.1 Å². The van der Waals surface area contributed by atoms with Crippen LogP contribution in [0.15, 0.2) is 47.1 Å². The molecule has 1 aliphatic rings. The van der Waals surface area contributed by atoms with E-state index in [-0.39, 0.29) is 37.1 Å². The molecule has 0 bridgehead atoms. The first-order chi connectivity index (χ1) is 19.2. The number of nitriles is 1. The van der Waals surface area contributed by atoms with Crippen molar-refractivity contribution in [1.29, 1.82) is 5.26 Å². The van der Waals surface area contributed by atoms with Crippen molar-refractivity contribution in [2.45, 2.75) is 24.3 Å². The second kappa shape index (κ2) is 10.9. The van der Waals surface area contributed by atoms with Crippen LogP contribution in [0.3, 0.4) is 0 Å². The summed E-state index contributed by atoms with van der Waals surface area (Å²) in [7, 11) is -0.936. The van der Waals surface area contributed by atoms with Crippen molar-refractivity contribution in [3.63, 3.8) is 0 Å². The van der Waals surface area contributed by atoms with E-state index in [1.165, 1.54) is 14.2 Å². The van der Waals surface area contributed by atoms with E-state index < -0.39 is 32.6 Å². The molecule has 0 radical (unpaired) electrons. The molecule has 1 saturated heterocycles. The van der Waals surface area contributed by atoms with Gasteiger partial charge in [0.05, 0.1) is 43.9 Å². The Hall–Kier alpha value is -4.51. The van der Waals surface area contributed by atoms with Crippen molar-refractivity contribution in [2.75, 3.05) is 32.2 Å². The zero-order chi connectivity index (χ0) is 28.4. The number of rotatable bonds is 8. The van der Waals surface area contributed by atoms with Gasteiger partial charge in [-0.25, -0.2) is 22.8 Å². The maximum atomic E-state index is 13.9. The molecule has 0 N–H and O–H groups in total. The summed E-state index contributed by atoms with van der Waals surface area (Å²) in [6.45, 7) is 2.04. The van der Waals surface area contributed by atoms with Gasteiger partial charge in [-0.3, -0.25) is 4.57 Å². The summed E-state index contributed by atoms with van der Waals surface area (Å²) in [5.41, 5.74) is 0.409. The van der Waals surface area contributed by atoms with Crippen LogP contribution in [0.5, 0.6) is 11.5 Å². The molecule has 2 atom stereocenters. The highest BCUT2D eigenvalue weighted by molar-refractivity contribution is 7.91. The Labute approximate surface area is 229 Å². The van der Waals surface area contributed by atoms with Gasteiger partial charge in [-0.15, -0.1) is 10.2 Å². The second-order valence-electron chi connectivity index (χ2n) is 9.29. The fraction of sp³-hybridized carbons (Fsp3) is 0.346. The molecule has 12 nitrogen and oxygen atoms in total. The van der Waals surface area contributed by atoms with E-state index in [0.717, 1.165) is 12.4 Å². The number of para-hydroxylation sites is 1. The first-order valence-corrected chi connectivity index (χ1v) is 14.0. The summed E-state index contributed by atoms with van der Waals surface area (Å²) in [4.78, 5) is 9.53. The molecule has 5 rings (SSSR count). The SMILES string of the molecule is COc1cccc(OC)c1-n1c(CS(=O)(=O)[C@H]2C[C@@H](C#N)CN(c3ncc(F)cn3)C2)nnc1-c1ccc(C)o1. The lowest BCUT2D eigenvalue weighted by atomic mass is 9.99. The van der Waals surface area contributed by atoms with Crippen LogP contribution in [-0.4, -0.2) is 65.7 Å². The molecule has 1 fully saturated rings. The summed E-state index contributed by atoms with van der Waals surface area (Å²) in [6, 6.07) is 10.8. The van der Waals surface area contributed by atoms with Gasteiger partial charge in [0.25, 0.3) is 0 Å². The molecule has 0 spiro atoms. The number of aryl methyl sites for hydroxylation is 1. The third kappa shape index (κ3) is 5.20. The highest BCUT2D eigenvalue weighted by atomic mass is 32.2. The standard InChI is InChI=1S/C26H26FN7O5S/c1-16-7-8-22(39-16)25-32-31-23(34(25)24-20(37-2)5-4-6-21(24)38-3)15-40(35,36)19-9-17(10-28)13-33(14-19)26-29-11-18(27)12-30-26/h4-8,11-12,17,19H,9,13-15H2,1-3H3/t17-,19-/m0/s1. The first-order valence-electron chi connectivity index (χ1n) is 12.3. The average Bonchev–Trinajstić information content (AvgIpc) is 3.57. The summed E-state index contributed by atoms with van der Waals surface area (Å²) < 4.78 is 59.7. The summed E-state index contributed by atoms with van der Waals surface area (Å²) in [6.07, 6.45) is 2.12. The minimum absolute atomic E-state index is 0.0303. The monoisotopic (exact) mass is 567 g/mol. The molecule has 1 aliphatic heterocycles. The van der Waals surface area contributed by atoms with Gasteiger partial charge in [-0.2, -0.15) is 5.26 Å². The zero-order valence-electron chi connectivity index (χ0n) is 22.0. The van der Waals surface area contributed by atoms with Gasteiger partial charge in [0.1, 0.15) is 28.7 Å². The predicted molar refractivity (Wildman–Crippen MR) is 141 cm³/mol. The van der Waals surface area contributed by atoms with E-state index in [1.54, 1.807) is 46.7 Å². The smallest absolute Gasteiger partial charge is 0.225 e. The van der Waals surface area contributed by atoms with Crippen molar-refractivity contribution in [3.8, 4) is 34.8 Å². The number of halogens is 1. The van der Waals surface area contributed by atoms with Crippen LogP contribution in [0.25, 0.3) is 17.3 Å². The van der Waals surface area contributed by atoms with E-state index in [1.807, 2.05) is 0 Å². The molecular weight excluding hydrogens is 541 g/mol. The largest absolute Gasteiger partial charge is 0.494 e. The van der Waals surface area contributed by atoms with E-state index in [0.29, 0.717) is 28.7 Å². The van der Waals surface area contributed by atoms with Crippen molar-refractivity contribution < 1.29 is 26.7 Å². The second-order valence-corrected chi connectivity index (χ2v) is 11.6. The number of methoxy groups -OCH3 is 2. The molecule has 3 aromatic heterocycles. The number of nitrogens with zero attached hydrogens (tertiary/aromatic N) is 7. The highest BCUT2D eigenvalue weighted by Crippen LogP contribution is 2.37. The van der Waals surface area contributed by atoms with E-state index in [9.17, 15) is 18.1 Å². The Balaban J connectivity index is 1.56. The number of hydrogen-bond acceptors (Lipinski definition) is 11. The number of ether oxygens (including phenoxy) is 2. The normalized spacial score (nSPS) is 17.4. The molecule has 4 heterocycles. The van der Waals surface area contributed by atoms with Crippen LogP contribution in [0.2, 0.25) is 0 Å². The van der Waals surface area contributed by atoms with Crippen molar-refractivity contribution in [2.24, 2.45) is 5.92 Å². The topological polar surface area (TPSA) is 149 Å². The van der Waals surface area contributed by atoms with Gasteiger partial charge in [0, 0.05) is 13.1 Å². The molecule has 208 valence electrons. The van der Waals surface area contributed by atoms with Crippen LogP contribution >= 0.6 is 0 Å². The minimum Gasteiger partial charge on any atom is -0.494 e. The minimum atomic E-state index is -3.92. The summed E-state index contributed by atoms with van der Waals surface area (Å²) >= 11 is 0. The fourth-order valence-corrected chi connectivity index (χ4v) is 6.46. The van der Waals surface area contributed by atoms with E-state index in [4.69, 9.17) is 13.9 Å². The lowest BCUT2D eigenvalue weighted by molar-refractivity contribution is 0.390. The van der Waals surface area contributed by atoms with Crippen molar-refractivity contribution >= 4 is 15.8 Å². The summed E-state index contributed by atoms with van der Waals surface area (Å²) in [5, 5.41) is 17.3. The van der Waals surface area contributed by atoms with Crippen LogP contribution in [0.4, 0.5) is 10.3 Å². The van der Waals surface area contributed by atoms with Gasteiger partial charge < -0.3 is 18.8 Å². The molecule has 0 unspecified atom stereocenters. The number of piperidine rings is 1. The summed E-state index contributed by atoms with van der Waals surface area (Å²) in [5.74, 6) is 0.638. The Morgan fingerprint density at radius 3 is 2.40 bits per heavy atom. The van der Waals surface area contributed by atoms with E-state index >= 15 is 0 Å². The van der Waals surface area contributed by atoms with Gasteiger partial charge >= 0.3 is 0 Å². The number of furan rings is 1. The third-order valence-corrected chi connectivity index (χ3v) is 8.66. The molecule has 0 amide bonds. The van der Waals surface area contributed by atoms with Gasteiger partial charge in [-0.1, -0.05) is 6.07 Å². The number of sulfone groups is 1. The molecule has 1 aromatic carbocycles. The lowest BCUT2D eigenvalue weighted by Gasteiger charge is -2.34. The zero-order valence-corrected chi connectivity index (χ0v) is 22.8. The molecule has 0 aliphatic carbocycles. The molecule has 14 heteroatoms. The fourth-order valence-electron chi connectivity index (χ4n) is 4.75. The Kier molecular flexibility index (Phi) is 7.40. The van der Waals surface area contributed by atoms with Gasteiger partial charge in [-0.05, 0) is 37.6 Å². The van der Waals surface area contributed by atoms with Crippen LogP contribution in [-0.2, 0) is 15.6 Å². The maximum Gasteiger partial charge on any atom is 0.225 e.